The second-order valence-electron chi connectivity index (χ2n) is 7.17. The molecule has 1 aliphatic rings. The van der Waals surface area contributed by atoms with Gasteiger partial charge in [-0.3, -0.25) is 15.0 Å². The van der Waals surface area contributed by atoms with E-state index in [1.807, 2.05) is 43.3 Å². The summed E-state index contributed by atoms with van der Waals surface area (Å²) in [6.45, 7) is 3.63. The third-order valence-electron chi connectivity index (χ3n) is 4.90. The molecule has 0 unspecified atom stereocenters. The minimum absolute atomic E-state index is 0.0552. The summed E-state index contributed by atoms with van der Waals surface area (Å²) in [6, 6.07) is 12.7. The SMILES string of the molecule is C[C@H]([NH2+]CC(=O)NN1C(=O)N[C@@](C)(CCc2ccccc2)C1=O)c1ccco1. The van der Waals surface area contributed by atoms with Crippen LogP contribution in [0.5, 0.6) is 0 Å². The van der Waals surface area contributed by atoms with Crippen LogP contribution in [0, 0.1) is 0 Å². The predicted molar refractivity (Wildman–Crippen MR) is 101 cm³/mol. The van der Waals surface area contributed by atoms with Gasteiger partial charge in [0.1, 0.15) is 11.6 Å². The molecule has 4 amide bonds. The number of hydrogen-bond acceptors (Lipinski definition) is 4. The molecule has 3 rings (SSSR count). The summed E-state index contributed by atoms with van der Waals surface area (Å²) in [5, 5.41) is 5.23. The van der Waals surface area contributed by atoms with Crippen molar-refractivity contribution < 1.29 is 24.1 Å². The summed E-state index contributed by atoms with van der Waals surface area (Å²) in [5.74, 6) is -0.147. The van der Waals surface area contributed by atoms with E-state index in [0.717, 1.165) is 16.3 Å². The Morgan fingerprint density at radius 1 is 1.25 bits per heavy atom. The number of hydrazine groups is 1. The molecule has 0 aliphatic carbocycles. The summed E-state index contributed by atoms with van der Waals surface area (Å²) in [5.41, 5.74) is 2.43. The normalized spacial score (nSPS) is 20.1. The zero-order chi connectivity index (χ0) is 20.1. The maximum absolute atomic E-state index is 12.7. The largest absolute Gasteiger partial charge is 0.463 e. The van der Waals surface area contributed by atoms with Gasteiger partial charge in [-0.1, -0.05) is 30.3 Å². The summed E-state index contributed by atoms with van der Waals surface area (Å²) in [7, 11) is 0. The van der Waals surface area contributed by atoms with Gasteiger partial charge in [0, 0.05) is 0 Å². The number of imide groups is 1. The zero-order valence-electron chi connectivity index (χ0n) is 16.0. The third kappa shape index (κ3) is 4.40. The molecule has 1 aromatic heterocycles. The lowest BCUT2D eigenvalue weighted by Crippen LogP contribution is -2.87. The Bertz CT molecular complexity index is 837. The van der Waals surface area contributed by atoms with Crippen molar-refractivity contribution in [2.45, 2.75) is 38.3 Å². The average Bonchev–Trinajstić information content (AvgIpc) is 3.29. The van der Waals surface area contributed by atoms with Crippen LogP contribution in [0.1, 0.15) is 37.6 Å². The fraction of sp³-hybridized carbons (Fsp3) is 0.350. The number of rotatable bonds is 8. The number of urea groups is 1. The lowest BCUT2D eigenvalue weighted by Gasteiger charge is -2.21. The highest BCUT2D eigenvalue weighted by Gasteiger charge is 2.48. The Balaban J connectivity index is 1.53. The molecule has 4 N–H and O–H groups in total. The molecule has 1 aromatic carbocycles. The van der Waals surface area contributed by atoms with Gasteiger partial charge in [0.15, 0.2) is 12.3 Å². The topological polar surface area (TPSA) is 108 Å². The Labute approximate surface area is 163 Å². The van der Waals surface area contributed by atoms with Crippen molar-refractivity contribution in [3.63, 3.8) is 0 Å². The molecule has 0 radical (unpaired) electrons. The first-order valence-electron chi connectivity index (χ1n) is 9.26. The van der Waals surface area contributed by atoms with E-state index in [2.05, 4.69) is 10.7 Å². The van der Waals surface area contributed by atoms with Gasteiger partial charge in [-0.25, -0.2) is 4.79 Å². The van der Waals surface area contributed by atoms with E-state index in [-0.39, 0.29) is 12.6 Å². The van der Waals surface area contributed by atoms with Crippen molar-refractivity contribution in [3.8, 4) is 0 Å². The molecule has 1 aliphatic heterocycles. The van der Waals surface area contributed by atoms with Gasteiger partial charge in [-0.15, -0.1) is 0 Å². The number of benzene rings is 1. The molecule has 2 heterocycles. The van der Waals surface area contributed by atoms with Crippen LogP contribution in [0.4, 0.5) is 4.79 Å². The molecule has 2 aromatic rings. The van der Waals surface area contributed by atoms with Crippen LogP contribution in [0.25, 0.3) is 0 Å². The van der Waals surface area contributed by atoms with Crippen molar-refractivity contribution in [2.24, 2.45) is 0 Å². The minimum Gasteiger partial charge on any atom is -0.463 e. The summed E-state index contributed by atoms with van der Waals surface area (Å²) >= 11 is 0. The maximum Gasteiger partial charge on any atom is 0.344 e. The van der Waals surface area contributed by atoms with Gasteiger partial charge < -0.3 is 15.1 Å². The minimum atomic E-state index is -1.05. The number of amides is 4. The fourth-order valence-corrected chi connectivity index (χ4v) is 3.12. The lowest BCUT2D eigenvalue weighted by molar-refractivity contribution is -0.684. The highest BCUT2D eigenvalue weighted by Crippen LogP contribution is 2.22. The van der Waals surface area contributed by atoms with Crippen molar-refractivity contribution >= 4 is 17.8 Å². The van der Waals surface area contributed by atoms with E-state index < -0.39 is 23.4 Å². The highest BCUT2D eigenvalue weighted by atomic mass is 16.3. The van der Waals surface area contributed by atoms with Crippen LogP contribution < -0.4 is 16.1 Å². The van der Waals surface area contributed by atoms with E-state index in [1.54, 1.807) is 24.6 Å². The second kappa shape index (κ2) is 8.26. The smallest absolute Gasteiger partial charge is 0.344 e. The monoisotopic (exact) mass is 385 g/mol. The van der Waals surface area contributed by atoms with Gasteiger partial charge in [-0.2, -0.15) is 5.01 Å². The molecule has 1 fully saturated rings. The van der Waals surface area contributed by atoms with Crippen LogP contribution in [0.3, 0.4) is 0 Å². The van der Waals surface area contributed by atoms with Crippen molar-refractivity contribution in [2.75, 3.05) is 6.54 Å². The number of carbonyl (C=O) groups excluding carboxylic acids is 3. The number of hydrogen-bond donors (Lipinski definition) is 3. The van der Waals surface area contributed by atoms with E-state index in [1.165, 1.54) is 0 Å². The molecule has 0 saturated carbocycles. The Morgan fingerprint density at radius 2 is 2.00 bits per heavy atom. The van der Waals surface area contributed by atoms with Gasteiger partial charge in [-0.05, 0) is 44.4 Å². The number of aryl methyl sites for hydroxylation is 1. The Hall–Kier alpha value is -3.13. The maximum atomic E-state index is 12.7. The van der Waals surface area contributed by atoms with Crippen LogP contribution in [0.15, 0.2) is 53.1 Å². The summed E-state index contributed by atoms with van der Waals surface area (Å²) < 4.78 is 5.29. The number of carbonyl (C=O) groups is 3. The molecule has 28 heavy (non-hydrogen) atoms. The number of nitrogens with zero attached hydrogens (tertiary/aromatic N) is 1. The molecule has 0 bridgehead atoms. The van der Waals surface area contributed by atoms with E-state index in [9.17, 15) is 14.4 Å². The van der Waals surface area contributed by atoms with Gasteiger partial charge in [0.25, 0.3) is 11.8 Å². The molecule has 1 saturated heterocycles. The fourth-order valence-electron chi connectivity index (χ4n) is 3.12. The van der Waals surface area contributed by atoms with Gasteiger partial charge >= 0.3 is 6.03 Å². The average molecular weight is 385 g/mol. The number of quaternary nitrogens is 1. The first-order valence-corrected chi connectivity index (χ1v) is 9.26. The molecular formula is C20H25N4O4+. The number of nitrogens with two attached hydrogens (primary N) is 1. The quantitative estimate of drug-likeness (QED) is 0.586. The van der Waals surface area contributed by atoms with E-state index in [0.29, 0.717) is 12.8 Å². The molecule has 0 spiro atoms. The number of furan rings is 1. The van der Waals surface area contributed by atoms with Crippen molar-refractivity contribution in [1.82, 2.24) is 15.8 Å². The van der Waals surface area contributed by atoms with Crippen LogP contribution in [-0.2, 0) is 16.0 Å². The first-order chi connectivity index (χ1) is 13.4. The highest BCUT2D eigenvalue weighted by molar-refractivity contribution is 6.07. The Morgan fingerprint density at radius 3 is 2.68 bits per heavy atom. The zero-order valence-corrected chi connectivity index (χ0v) is 16.0. The first kappa shape index (κ1) is 19.6. The van der Waals surface area contributed by atoms with E-state index >= 15 is 0 Å². The molecule has 8 nitrogen and oxygen atoms in total. The van der Waals surface area contributed by atoms with Gasteiger partial charge in [0.2, 0.25) is 0 Å². The third-order valence-corrected chi connectivity index (χ3v) is 4.90. The number of nitrogens with one attached hydrogen (secondary N) is 2. The van der Waals surface area contributed by atoms with Crippen LogP contribution in [0.2, 0.25) is 0 Å². The molecule has 2 atom stereocenters. The van der Waals surface area contributed by atoms with Crippen LogP contribution in [-0.4, -0.2) is 34.9 Å². The molecular weight excluding hydrogens is 360 g/mol. The van der Waals surface area contributed by atoms with Crippen LogP contribution >= 0.6 is 0 Å². The molecule has 8 heteroatoms. The lowest BCUT2D eigenvalue weighted by atomic mass is 9.93. The Kier molecular flexibility index (Phi) is 5.79. The van der Waals surface area contributed by atoms with Crippen molar-refractivity contribution in [1.29, 1.82) is 0 Å². The van der Waals surface area contributed by atoms with Gasteiger partial charge in [0.05, 0.1) is 6.26 Å². The summed E-state index contributed by atoms with van der Waals surface area (Å²) in [6.07, 6.45) is 2.65. The van der Waals surface area contributed by atoms with Crippen molar-refractivity contribution in [3.05, 3.63) is 60.1 Å². The second-order valence-corrected chi connectivity index (χ2v) is 7.17. The predicted octanol–water partition coefficient (Wildman–Crippen LogP) is 0.879. The standard InChI is InChI=1S/C20H24N4O4/c1-14(16-9-6-12-28-16)21-13-17(25)23-24-18(26)20(2,22-19(24)27)11-10-15-7-4-3-5-8-15/h3-9,12,14,21H,10-11,13H2,1-2H3,(H,22,27)(H,23,25)/p+1/t14-,20-/m0/s1. The molecule has 148 valence electrons. The van der Waals surface area contributed by atoms with E-state index in [4.69, 9.17) is 4.42 Å². The summed E-state index contributed by atoms with van der Waals surface area (Å²) in [4.78, 5) is 37.2.